The summed E-state index contributed by atoms with van der Waals surface area (Å²) in [4.78, 5) is 29.9. The predicted molar refractivity (Wildman–Crippen MR) is 168 cm³/mol. The smallest absolute Gasteiger partial charge is 0.410 e. The van der Waals surface area contributed by atoms with E-state index < -0.39 is 11.6 Å². The molecule has 0 radical (unpaired) electrons. The van der Waals surface area contributed by atoms with Crippen LogP contribution in [0.5, 0.6) is 5.75 Å². The molecule has 10 heteroatoms. The summed E-state index contributed by atoms with van der Waals surface area (Å²) in [6, 6.07) is 21.3. The maximum atomic E-state index is 12.5. The second-order valence-corrected chi connectivity index (χ2v) is 12.2. The van der Waals surface area contributed by atoms with Crippen molar-refractivity contribution < 1.29 is 24.2 Å². The SMILES string of the molecule is CC(C)(C)OC(=O)N1CC(Cn2nc3ccc(-c4cccc5c(N)nccc45)cc3c2COc2ccccc2CC(=O)O)C1. The average Bonchev–Trinajstić information content (AvgIpc) is 3.29. The second kappa shape index (κ2) is 11.5. The number of aromatic nitrogens is 3. The summed E-state index contributed by atoms with van der Waals surface area (Å²) in [6.45, 7) is 7.50. The number of fused-ring (bicyclic) bond motifs is 2. The van der Waals surface area contributed by atoms with Gasteiger partial charge in [-0.1, -0.05) is 42.5 Å². The van der Waals surface area contributed by atoms with Crippen LogP contribution < -0.4 is 10.5 Å². The molecular formula is C34H35N5O5. The van der Waals surface area contributed by atoms with Gasteiger partial charge in [-0.05, 0) is 61.5 Å². The van der Waals surface area contributed by atoms with Crippen LogP contribution in [0.4, 0.5) is 10.6 Å². The Hall–Kier alpha value is -5.12. The van der Waals surface area contributed by atoms with Crippen molar-refractivity contribution >= 4 is 39.6 Å². The molecule has 3 heterocycles. The van der Waals surface area contributed by atoms with E-state index >= 15 is 0 Å². The number of nitrogens with two attached hydrogens (primary N) is 1. The molecule has 0 bridgehead atoms. The normalized spacial score (nSPS) is 13.7. The molecule has 6 rings (SSSR count). The number of rotatable bonds is 8. The van der Waals surface area contributed by atoms with Crippen molar-refractivity contribution in [2.24, 2.45) is 5.92 Å². The highest BCUT2D eigenvalue weighted by Gasteiger charge is 2.34. The molecule has 1 fully saturated rings. The van der Waals surface area contributed by atoms with Crippen molar-refractivity contribution in [3.8, 4) is 16.9 Å². The van der Waals surface area contributed by atoms with Gasteiger partial charge in [-0.2, -0.15) is 5.10 Å². The monoisotopic (exact) mass is 593 g/mol. The van der Waals surface area contributed by atoms with Crippen molar-refractivity contribution in [2.75, 3.05) is 18.8 Å². The number of carboxylic acid groups (broad SMARTS) is 1. The van der Waals surface area contributed by atoms with E-state index in [0.29, 0.717) is 36.8 Å². The fraction of sp³-hybridized carbons (Fsp3) is 0.294. The van der Waals surface area contributed by atoms with E-state index in [2.05, 4.69) is 17.1 Å². The van der Waals surface area contributed by atoms with Gasteiger partial charge < -0.3 is 25.2 Å². The summed E-state index contributed by atoms with van der Waals surface area (Å²) < 4.78 is 13.8. The van der Waals surface area contributed by atoms with E-state index in [4.69, 9.17) is 20.3 Å². The third-order valence-corrected chi connectivity index (χ3v) is 7.71. The van der Waals surface area contributed by atoms with Crippen molar-refractivity contribution in [3.63, 3.8) is 0 Å². The standard InChI is InChI=1S/C34H35N5O5/c1-34(2,3)44-33(42)38-17-21(18-38)19-39-29(20-43-30-10-5-4-7-23(30)16-31(40)41)27-15-22(11-12-28(27)37-39)24-8-6-9-26-25(24)13-14-36-32(26)35/h4-15,21H,16-20H2,1-3H3,(H2,35,36)(H,40,41). The topological polar surface area (TPSA) is 133 Å². The summed E-state index contributed by atoms with van der Waals surface area (Å²) in [6.07, 6.45) is 1.26. The fourth-order valence-electron chi connectivity index (χ4n) is 5.64. The lowest BCUT2D eigenvalue weighted by atomic mass is 9.97. The van der Waals surface area contributed by atoms with Crippen LogP contribution in [0.2, 0.25) is 0 Å². The number of carbonyl (C=O) groups excluding carboxylic acids is 1. The third-order valence-electron chi connectivity index (χ3n) is 7.71. The first-order valence-corrected chi connectivity index (χ1v) is 14.6. The maximum absolute atomic E-state index is 12.5. The number of carbonyl (C=O) groups is 2. The number of nitrogens with zero attached hydrogens (tertiary/aromatic N) is 4. The summed E-state index contributed by atoms with van der Waals surface area (Å²) in [5.74, 6) is 0.270. The number of aliphatic carboxylic acids is 1. The lowest BCUT2D eigenvalue weighted by molar-refractivity contribution is -0.136. The van der Waals surface area contributed by atoms with Crippen LogP contribution in [0.3, 0.4) is 0 Å². The molecule has 0 unspecified atom stereocenters. The summed E-state index contributed by atoms with van der Waals surface area (Å²) in [5.41, 5.74) is 9.93. The molecule has 1 saturated heterocycles. The highest BCUT2D eigenvalue weighted by molar-refractivity contribution is 6.02. The highest BCUT2D eigenvalue weighted by Crippen LogP contribution is 2.34. The zero-order chi connectivity index (χ0) is 31.0. The van der Waals surface area contributed by atoms with Crippen LogP contribution in [0.25, 0.3) is 32.8 Å². The first-order valence-electron chi connectivity index (χ1n) is 14.6. The zero-order valence-electron chi connectivity index (χ0n) is 25.0. The molecule has 0 saturated carbocycles. The molecule has 5 aromatic rings. The zero-order valence-corrected chi connectivity index (χ0v) is 25.0. The molecule has 1 amide bonds. The molecule has 226 valence electrons. The Balaban J connectivity index is 1.34. The van der Waals surface area contributed by atoms with Crippen molar-refractivity contribution in [2.45, 2.75) is 45.9 Å². The minimum Gasteiger partial charge on any atom is -0.487 e. The lowest BCUT2D eigenvalue weighted by Crippen LogP contribution is -2.53. The minimum absolute atomic E-state index is 0.137. The van der Waals surface area contributed by atoms with Gasteiger partial charge >= 0.3 is 12.1 Å². The number of pyridine rings is 1. The Labute approximate surface area is 255 Å². The maximum Gasteiger partial charge on any atom is 0.410 e. The van der Waals surface area contributed by atoms with Crippen molar-refractivity contribution in [1.29, 1.82) is 0 Å². The molecule has 0 atom stereocenters. The summed E-state index contributed by atoms with van der Waals surface area (Å²) in [7, 11) is 0. The van der Waals surface area contributed by atoms with E-state index in [9.17, 15) is 14.7 Å². The van der Waals surface area contributed by atoms with E-state index in [1.807, 2.05) is 61.9 Å². The van der Waals surface area contributed by atoms with Crippen LogP contribution in [0.15, 0.2) is 72.9 Å². The summed E-state index contributed by atoms with van der Waals surface area (Å²) >= 11 is 0. The van der Waals surface area contributed by atoms with Crippen molar-refractivity contribution in [3.05, 3.63) is 84.2 Å². The lowest BCUT2D eigenvalue weighted by Gasteiger charge is -2.39. The molecule has 3 N–H and O–H groups in total. The average molecular weight is 594 g/mol. The van der Waals surface area contributed by atoms with Gasteiger partial charge in [-0.3, -0.25) is 9.48 Å². The minimum atomic E-state index is -0.924. The van der Waals surface area contributed by atoms with E-state index in [-0.39, 0.29) is 25.0 Å². The number of para-hydroxylation sites is 1. The van der Waals surface area contributed by atoms with Gasteiger partial charge in [0, 0.05) is 48.1 Å². The van der Waals surface area contributed by atoms with E-state index in [1.165, 1.54) is 0 Å². The Kier molecular flexibility index (Phi) is 7.59. The fourth-order valence-corrected chi connectivity index (χ4v) is 5.64. The van der Waals surface area contributed by atoms with Gasteiger partial charge in [0.25, 0.3) is 0 Å². The van der Waals surface area contributed by atoms with Gasteiger partial charge in [0.15, 0.2) is 0 Å². The number of anilines is 1. The molecule has 10 nitrogen and oxygen atoms in total. The Morgan fingerprint density at radius 3 is 2.57 bits per heavy atom. The first-order chi connectivity index (χ1) is 21.1. The molecular weight excluding hydrogens is 558 g/mol. The number of benzene rings is 3. The number of nitrogen functional groups attached to an aromatic ring is 1. The van der Waals surface area contributed by atoms with E-state index in [1.54, 1.807) is 29.3 Å². The molecule has 44 heavy (non-hydrogen) atoms. The molecule has 0 aliphatic carbocycles. The second-order valence-electron chi connectivity index (χ2n) is 12.2. The Bertz CT molecular complexity index is 1870. The quantitative estimate of drug-likeness (QED) is 0.227. The molecule has 2 aromatic heterocycles. The number of ether oxygens (including phenoxy) is 2. The third kappa shape index (κ3) is 6.01. The number of hydrogen-bond acceptors (Lipinski definition) is 7. The van der Waals surface area contributed by atoms with E-state index in [0.717, 1.165) is 38.5 Å². The van der Waals surface area contributed by atoms with Gasteiger partial charge in [-0.15, -0.1) is 0 Å². The van der Waals surface area contributed by atoms with Crippen LogP contribution >= 0.6 is 0 Å². The Morgan fingerprint density at radius 1 is 1.00 bits per heavy atom. The number of hydrogen-bond donors (Lipinski definition) is 2. The number of carboxylic acids is 1. The first kappa shape index (κ1) is 29.0. The van der Waals surface area contributed by atoms with Crippen molar-refractivity contribution in [1.82, 2.24) is 19.7 Å². The van der Waals surface area contributed by atoms with Crippen LogP contribution in [-0.2, 0) is 29.1 Å². The molecule has 0 spiro atoms. The van der Waals surface area contributed by atoms with Gasteiger partial charge in [0.2, 0.25) is 0 Å². The molecule has 1 aliphatic heterocycles. The highest BCUT2D eigenvalue weighted by atomic mass is 16.6. The van der Waals surface area contributed by atoms with Crippen LogP contribution in [0.1, 0.15) is 32.0 Å². The van der Waals surface area contributed by atoms with Gasteiger partial charge in [-0.25, -0.2) is 9.78 Å². The van der Waals surface area contributed by atoms with Gasteiger partial charge in [0.05, 0.1) is 17.6 Å². The van der Waals surface area contributed by atoms with Crippen LogP contribution in [-0.4, -0.2) is 55.5 Å². The summed E-state index contributed by atoms with van der Waals surface area (Å²) in [5, 5.41) is 17.2. The van der Waals surface area contributed by atoms with Crippen LogP contribution in [0, 0.1) is 5.92 Å². The molecule has 3 aromatic carbocycles. The number of amides is 1. The number of likely N-dealkylation sites (tertiary alicyclic amines) is 1. The predicted octanol–water partition coefficient (Wildman–Crippen LogP) is 5.91. The van der Waals surface area contributed by atoms with Gasteiger partial charge in [0.1, 0.15) is 23.8 Å². The molecule has 1 aliphatic rings. The largest absolute Gasteiger partial charge is 0.487 e. The Morgan fingerprint density at radius 2 is 1.80 bits per heavy atom.